The Morgan fingerprint density at radius 1 is 1.05 bits per heavy atom. The Morgan fingerprint density at radius 3 is 2.42 bits per heavy atom. The molecule has 1 aromatic heterocycles. The van der Waals surface area contributed by atoms with Crippen LogP contribution >= 0.6 is 11.3 Å². The number of aromatic nitrogens is 1. The molecule has 0 aliphatic carbocycles. The highest BCUT2D eigenvalue weighted by Crippen LogP contribution is 2.32. The summed E-state index contributed by atoms with van der Waals surface area (Å²) < 4.78 is 24.2. The molecule has 0 unspecified atom stereocenters. The fourth-order valence-electron chi connectivity index (χ4n) is 5.20. The zero-order valence-electron chi connectivity index (χ0n) is 24.9. The van der Waals surface area contributed by atoms with Crippen LogP contribution in [-0.2, 0) is 14.3 Å². The van der Waals surface area contributed by atoms with Crippen molar-refractivity contribution in [3.63, 3.8) is 0 Å². The highest BCUT2D eigenvalue weighted by Gasteiger charge is 2.34. The molecule has 2 aliphatic heterocycles. The second kappa shape index (κ2) is 12.9. The Labute approximate surface area is 253 Å². The lowest BCUT2D eigenvalue weighted by Gasteiger charge is -2.25. The molecule has 43 heavy (non-hydrogen) atoms. The van der Waals surface area contributed by atoms with Crippen LogP contribution in [0.25, 0.3) is 6.08 Å². The van der Waals surface area contributed by atoms with Crippen molar-refractivity contribution in [3.8, 4) is 17.2 Å². The molecule has 0 spiro atoms. The third-order valence-electron chi connectivity index (χ3n) is 7.31. The van der Waals surface area contributed by atoms with Crippen LogP contribution in [-0.4, -0.2) is 61.4 Å². The van der Waals surface area contributed by atoms with Gasteiger partial charge < -0.3 is 23.8 Å². The van der Waals surface area contributed by atoms with Gasteiger partial charge in [-0.2, -0.15) is 0 Å². The second-order valence-corrected chi connectivity index (χ2v) is 11.6. The Balaban J connectivity index is 1.51. The van der Waals surface area contributed by atoms with Crippen molar-refractivity contribution in [2.45, 2.75) is 45.8 Å². The van der Waals surface area contributed by atoms with E-state index >= 15 is 0 Å². The van der Waals surface area contributed by atoms with Crippen LogP contribution in [0.5, 0.6) is 17.2 Å². The molecule has 3 aromatic rings. The first-order valence-electron chi connectivity index (χ1n) is 14.2. The van der Waals surface area contributed by atoms with Gasteiger partial charge in [-0.1, -0.05) is 29.5 Å². The third kappa shape index (κ3) is 6.36. The standard InChI is InChI=1S/C32H35N3O7S/c1-19(2)42-31(38)28-20(3)33-32-35(29(28)22-9-11-23(39-4)12-10-22)30(37)26(43-32)17-21-8-13-24(25(16-21)40-5)41-18-27(36)34-14-6-7-15-34/h8-13,16-17,19,29H,6-7,14-15,18H2,1-5H3/b26-17+/t29-/m0/s1. The maximum absolute atomic E-state index is 13.9. The fourth-order valence-corrected chi connectivity index (χ4v) is 6.25. The first-order valence-corrected chi connectivity index (χ1v) is 15.0. The van der Waals surface area contributed by atoms with Crippen LogP contribution in [0.1, 0.15) is 50.8 Å². The summed E-state index contributed by atoms with van der Waals surface area (Å²) in [6.07, 6.45) is 3.44. The number of methoxy groups -OCH3 is 2. The van der Waals surface area contributed by atoms with Crippen molar-refractivity contribution in [1.82, 2.24) is 9.47 Å². The molecule has 3 heterocycles. The summed E-state index contributed by atoms with van der Waals surface area (Å²) >= 11 is 1.24. The highest BCUT2D eigenvalue weighted by atomic mass is 32.1. The molecule has 2 aromatic carbocycles. The molecule has 11 heteroatoms. The van der Waals surface area contributed by atoms with E-state index < -0.39 is 12.0 Å². The molecular formula is C32H35N3O7S. The number of esters is 1. The number of fused-ring (bicyclic) bond motifs is 1. The molecule has 5 rings (SSSR count). The predicted molar refractivity (Wildman–Crippen MR) is 162 cm³/mol. The predicted octanol–water partition coefficient (Wildman–Crippen LogP) is 3.21. The molecule has 2 aliphatic rings. The summed E-state index contributed by atoms with van der Waals surface area (Å²) in [4.78, 5) is 46.6. The number of allylic oxidation sites excluding steroid dienone is 1. The molecule has 0 saturated carbocycles. The molecule has 0 bridgehead atoms. The van der Waals surface area contributed by atoms with E-state index in [1.807, 2.05) is 12.1 Å². The maximum Gasteiger partial charge on any atom is 0.338 e. The molecule has 0 radical (unpaired) electrons. The maximum atomic E-state index is 13.9. The van der Waals surface area contributed by atoms with Gasteiger partial charge in [0, 0.05) is 13.1 Å². The number of nitrogens with zero attached hydrogens (tertiary/aromatic N) is 3. The summed E-state index contributed by atoms with van der Waals surface area (Å²) in [6.45, 7) is 6.76. The normalized spacial score (nSPS) is 16.7. The summed E-state index contributed by atoms with van der Waals surface area (Å²) in [6, 6.07) is 11.8. The number of hydrogen-bond acceptors (Lipinski definition) is 9. The topological polar surface area (TPSA) is 109 Å². The number of carbonyl (C=O) groups excluding carboxylic acids is 2. The van der Waals surface area contributed by atoms with Gasteiger partial charge in [-0.3, -0.25) is 14.2 Å². The van der Waals surface area contributed by atoms with Gasteiger partial charge in [-0.15, -0.1) is 0 Å². The van der Waals surface area contributed by atoms with E-state index in [1.54, 1.807) is 73.8 Å². The van der Waals surface area contributed by atoms with Crippen LogP contribution < -0.4 is 29.1 Å². The Kier molecular flexibility index (Phi) is 9.00. The van der Waals surface area contributed by atoms with Gasteiger partial charge in [0.1, 0.15) is 5.75 Å². The minimum Gasteiger partial charge on any atom is -0.497 e. The number of benzene rings is 2. The molecule has 1 atom stereocenters. The summed E-state index contributed by atoms with van der Waals surface area (Å²) in [7, 11) is 3.10. The van der Waals surface area contributed by atoms with Crippen molar-refractivity contribution in [1.29, 1.82) is 0 Å². The fraction of sp³-hybridized carbons (Fsp3) is 0.375. The van der Waals surface area contributed by atoms with Crippen molar-refractivity contribution >= 4 is 29.3 Å². The largest absolute Gasteiger partial charge is 0.497 e. The van der Waals surface area contributed by atoms with Crippen molar-refractivity contribution in [2.75, 3.05) is 33.9 Å². The molecule has 10 nitrogen and oxygen atoms in total. The van der Waals surface area contributed by atoms with E-state index in [-0.39, 0.29) is 24.2 Å². The molecule has 1 amide bonds. The summed E-state index contributed by atoms with van der Waals surface area (Å²) in [5, 5.41) is 0. The van der Waals surface area contributed by atoms with Crippen molar-refractivity contribution in [3.05, 3.63) is 84.5 Å². The number of hydrogen-bond donors (Lipinski definition) is 0. The van der Waals surface area contributed by atoms with Gasteiger partial charge in [0.05, 0.1) is 42.2 Å². The lowest BCUT2D eigenvalue weighted by Crippen LogP contribution is -2.40. The van der Waals surface area contributed by atoms with Crippen molar-refractivity contribution in [2.24, 2.45) is 4.99 Å². The van der Waals surface area contributed by atoms with E-state index in [9.17, 15) is 14.4 Å². The monoisotopic (exact) mass is 605 g/mol. The SMILES string of the molecule is COc1ccc([C@H]2C(C(=O)OC(C)C)=C(C)N=c3s/c(=C/c4ccc(OCC(=O)N5CCCC5)c(OC)c4)c(=O)n32)cc1. The molecule has 1 saturated heterocycles. The van der Waals surface area contributed by atoms with Gasteiger partial charge in [0.2, 0.25) is 0 Å². The third-order valence-corrected chi connectivity index (χ3v) is 8.29. The van der Waals surface area contributed by atoms with E-state index in [0.29, 0.717) is 43.4 Å². The van der Waals surface area contributed by atoms with Crippen molar-refractivity contribution < 1.29 is 28.5 Å². The van der Waals surface area contributed by atoms with Crippen LogP contribution in [0, 0.1) is 0 Å². The number of carbonyl (C=O) groups is 2. The average molecular weight is 606 g/mol. The molecule has 226 valence electrons. The smallest absolute Gasteiger partial charge is 0.338 e. The van der Waals surface area contributed by atoms with Gasteiger partial charge in [-0.05, 0) is 75.1 Å². The van der Waals surface area contributed by atoms with E-state index in [1.165, 1.54) is 18.4 Å². The van der Waals surface area contributed by atoms with Gasteiger partial charge >= 0.3 is 5.97 Å². The van der Waals surface area contributed by atoms with E-state index in [4.69, 9.17) is 18.9 Å². The molecule has 0 N–H and O–H groups in total. The Hall–Kier alpha value is -4.38. The number of amides is 1. The van der Waals surface area contributed by atoms with Gasteiger partial charge in [-0.25, -0.2) is 9.79 Å². The minimum atomic E-state index is -0.728. The van der Waals surface area contributed by atoms with E-state index in [2.05, 4.69) is 4.99 Å². The highest BCUT2D eigenvalue weighted by molar-refractivity contribution is 7.07. The zero-order chi connectivity index (χ0) is 30.7. The van der Waals surface area contributed by atoms with Crippen LogP contribution in [0.4, 0.5) is 0 Å². The van der Waals surface area contributed by atoms with Crippen LogP contribution in [0.3, 0.4) is 0 Å². The molecular weight excluding hydrogens is 570 g/mol. The second-order valence-electron chi connectivity index (χ2n) is 10.6. The zero-order valence-corrected chi connectivity index (χ0v) is 25.7. The number of likely N-dealkylation sites (tertiary alicyclic amines) is 1. The summed E-state index contributed by atoms with van der Waals surface area (Å²) in [5.74, 6) is 0.974. The quantitative estimate of drug-likeness (QED) is 0.345. The molecule has 1 fully saturated rings. The Bertz CT molecular complexity index is 1730. The van der Waals surface area contributed by atoms with Gasteiger partial charge in [0.15, 0.2) is 22.9 Å². The number of thiazole rings is 1. The van der Waals surface area contributed by atoms with Crippen LogP contribution in [0.15, 0.2) is 63.5 Å². The average Bonchev–Trinajstić information content (AvgIpc) is 3.64. The Morgan fingerprint density at radius 2 is 1.77 bits per heavy atom. The minimum absolute atomic E-state index is 0.0527. The first-order chi connectivity index (χ1) is 20.7. The lowest BCUT2D eigenvalue weighted by molar-refractivity contribution is -0.143. The lowest BCUT2D eigenvalue weighted by atomic mass is 9.96. The van der Waals surface area contributed by atoms with E-state index in [0.717, 1.165) is 31.5 Å². The summed E-state index contributed by atoms with van der Waals surface area (Å²) in [5.41, 5.74) is 1.94. The number of rotatable bonds is 9. The number of ether oxygens (including phenoxy) is 4. The van der Waals surface area contributed by atoms with Gasteiger partial charge in [0.25, 0.3) is 11.5 Å². The first kappa shape index (κ1) is 30.1. The van der Waals surface area contributed by atoms with Crippen LogP contribution in [0.2, 0.25) is 0 Å².